The summed E-state index contributed by atoms with van der Waals surface area (Å²) in [6.45, 7) is 1.76. The molecule has 3 aliphatic heterocycles. The number of benzene rings is 4. The minimum Gasteiger partial charge on any atom is -1.00 e. The van der Waals surface area contributed by atoms with Gasteiger partial charge in [0.05, 0.1) is 110 Å². The van der Waals surface area contributed by atoms with Gasteiger partial charge in [0.1, 0.15) is 36.8 Å². The molecule has 23 nitrogen and oxygen atoms in total. The molecule has 0 aliphatic carbocycles. The van der Waals surface area contributed by atoms with Crippen molar-refractivity contribution in [2.75, 3.05) is 127 Å². The number of epoxide rings is 1. The van der Waals surface area contributed by atoms with Gasteiger partial charge < -0.3 is 91.6 Å². The summed E-state index contributed by atoms with van der Waals surface area (Å²) in [5.74, 6) is 12.1. The summed E-state index contributed by atoms with van der Waals surface area (Å²) in [5.41, 5.74) is 3.83. The zero-order valence-electron chi connectivity index (χ0n) is 54.5. The Bertz CT molecular complexity index is 3780. The van der Waals surface area contributed by atoms with Gasteiger partial charge in [-0.25, -0.2) is 16.8 Å². The van der Waals surface area contributed by atoms with Gasteiger partial charge in [0.25, 0.3) is 6.47 Å². The monoisotopic (exact) mass is 1430 g/mol. The summed E-state index contributed by atoms with van der Waals surface area (Å²) in [5, 5.41) is 62.6. The van der Waals surface area contributed by atoms with Crippen LogP contribution in [0.4, 0.5) is 49.1 Å². The van der Waals surface area contributed by atoms with Crippen LogP contribution in [0.2, 0.25) is 0 Å². The van der Waals surface area contributed by atoms with Crippen molar-refractivity contribution in [3.63, 3.8) is 0 Å². The van der Waals surface area contributed by atoms with Crippen molar-refractivity contribution in [1.29, 1.82) is 0 Å². The van der Waals surface area contributed by atoms with Gasteiger partial charge in [-0.05, 0) is 111 Å². The number of carbonyl (C=O) groups is 1. The first-order valence-corrected chi connectivity index (χ1v) is 33.0. The Morgan fingerprint density at radius 3 is 1.49 bits per heavy atom. The molecule has 3 unspecified atom stereocenters. The summed E-state index contributed by atoms with van der Waals surface area (Å²) in [6.07, 6.45) is -4.84. The zero-order chi connectivity index (χ0) is 67.9. The Hall–Kier alpha value is -4.26. The molecule has 3 aliphatic rings. The van der Waals surface area contributed by atoms with E-state index in [4.69, 9.17) is 34.5 Å². The third-order valence-corrected chi connectivity index (χ3v) is 16.7. The molecule has 9 rings (SSSR count). The molecule has 5 heterocycles. The predicted molar refractivity (Wildman–Crippen MR) is 337 cm³/mol. The molecule has 6 aromatic rings. The molecule has 0 saturated carbocycles. The number of β-amino-alcohol motifs (C(OH)–C–C–N with tert-alkyl or cyclic N) is 1. The second-order valence-electron chi connectivity index (χ2n) is 21.8. The number of nitrogens with one attached hydrogen (secondary N) is 5. The largest absolute Gasteiger partial charge is 1.00 e. The maximum Gasteiger partial charge on any atom is 1.00 e. The van der Waals surface area contributed by atoms with Crippen molar-refractivity contribution in [2.24, 2.45) is 0 Å². The first-order valence-electron chi connectivity index (χ1n) is 29.2. The number of aliphatic hydroxyl groups is 4. The van der Waals surface area contributed by atoms with Crippen LogP contribution in [0.1, 0.15) is 38.5 Å². The van der Waals surface area contributed by atoms with E-state index in [0.717, 1.165) is 68.1 Å². The molecule has 95 heavy (non-hydrogen) atoms. The summed E-state index contributed by atoms with van der Waals surface area (Å²) in [4.78, 5) is 13.6. The number of ether oxygens (including phenoxy) is 4. The third kappa shape index (κ3) is 27.8. The van der Waals surface area contributed by atoms with E-state index in [-0.39, 0.29) is 183 Å². The van der Waals surface area contributed by atoms with Crippen LogP contribution in [0.5, 0.6) is 11.5 Å². The molecule has 4 aromatic carbocycles. The molecular formula is C62H78F6K2N8O15S2. The Morgan fingerprint density at radius 2 is 1.13 bits per heavy atom. The van der Waals surface area contributed by atoms with Crippen molar-refractivity contribution < 1.29 is 202 Å². The summed E-state index contributed by atoms with van der Waals surface area (Å²) >= 11 is 0. The maximum absolute atomic E-state index is 13.7. The van der Waals surface area contributed by atoms with E-state index in [1.165, 1.54) is 43.1 Å². The van der Waals surface area contributed by atoms with Crippen LogP contribution in [0.3, 0.4) is 0 Å². The third-order valence-electron chi connectivity index (χ3n) is 14.5. The molecule has 0 spiro atoms. The summed E-state index contributed by atoms with van der Waals surface area (Å²) in [6, 6.07) is 22.9. The van der Waals surface area contributed by atoms with Crippen LogP contribution in [0, 0.1) is 23.7 Å². The second-order valence-corrected chi connectivity index (χ2v) is 25.8. The molecule has 33 heteroatoms. The van der Waals surface area contributed by atoms with Crippen LogP contribution in [-0.2, 0) is 51.9 Å². The molecule has 512 valence electrons. The Labute approximate surface area is 634 Å². The number of carbonyl (C=O) groups excluding carboxylic acids is 1. The van der Waals surface area contributed by atoms with Crippen LogP contribution in [0.25, 0.3) is 21.8 Å². The molecular weight excluding hydrogens is 1350 g/mol. The second kappa shape index (κ2) is 40.1. The van der Waals surface area contributed by atoms with Crippen molar-refractivity contribution >= 4 is 70.7 Å². The standard InChI is InChI=1S/C32H41F3N4O7S.C26H29F3N4O3S.C3H6O2.CH2O3.2K.H/c1-45-31-16-26(47(2,43)44)8-9-29(31)36-12-4-5-23-15-27-28(6-3-7-30(27)39(23)21-32(33,34)35)37-22-10-13-38(14-11-22)17-24(41)19-46-20-25(42)18-40;1-36-25-16-20(37(2,34)35)8-9-23(25)31-12-4-5-19-15-21-22(32-18-10-13-30-14-11-18)6-3-7-24(21)33(19)17-26(27,28)29;4-1-3-2-5-3;2-1-4-3;;;/h3,6-9,15-16,22,24-25,36-37,40-42H,10-14,17-21H2,1-2H3;3,6-9,15-16,18,30-32H,10-14,17H2,1-2H3;3-4H,1-2H2;1,3H;;;/q;;;;2*+1;-1/p-1. The number of likely N-dealkylation sites (tertiary alicyclic amines) is 1. The van der Waals surface area contributed by atoms with Crippen LogP contribution in [0.15, 0.2) is 94.7 Å². The van der Waals surface area contributed by atoms with Gasteiger partial charge in [0.2, 0.25) is 0 Å². The molecule has 0 bridgehead atoms. The number of halogens is 6. The molecule has 3 fully saturated rings. The van der Waals surface area contributed by atoms with Crippen LogP contribution >= 0.6 is 0 Å². The van der Waals surface area contributed by atoms with E-state index < -0.39 is 63.9 Å². The van der Waals surface area contributed by atoms with Gasteiger partial charge in [-0.3, -0.25) is 4.79 Å². The quantitative estimate of drug-likeness (QED) is 0.00697. The fraction of sp³-hybridized carbons (Fsp3) is 0.468. The SMILES string of the molecule is COc1cc(S(C)(=O)=O)ccc1NCC#Cc1cc2c(NC3CCN(CC(O)COCC(O)CO)CC3)cccc2n1CC(F)(F)F.COc1cc(S(C)(=O)=O)ccc1NCC#Cc1cc2c(NC3CCNCC3)cccc2n1CC(F)(F)F.O=CO[O-].OCC1CO1.[H-].[K+].[K+]. The number of sulfone groups is 2. The first-order chi connectivity index (χ1) is 44.2. The number of piperidine rings is 2. The van der Waals surface area contributed by atoms with Gasteiger partial charge in [-0.1, -0.05) is 24.0 Å². The average Bonchev–Trinajstić information content (AvgIpc) is 1.63. The number of aliphatic hydroxyl groups excluding tert-OH is 4. The zero-order valence-corrected chi connectivity index (χ0v) is 61.4. The molecule has 0 amide bonds. The van der Waals surface area contributed by atoms with E-state index in [1.807, 2.05) is 12.1 Å². The summed E-state index contributed by atoms with van der Waals surface area (Å²) < 4.78 is 151. The Morgan fingerprint density at radius 1 is 0.695 bits per heavy atom. The number of aromatic nitrogens is 2. The Balaban J connectivity index is 0.000000438. The number of anilines is 4. The van der Waals surface area contributed by atoms with Gasteiger partial charge in [0.15, 0.2) is 19.7 Å². The molecule has 2 aromatic heterocycles. The number of hydrogen-bond acceptors (Lipinski definition) is 21. The molecule has 3 atom stereocenters. The molecule has 0 radical (unpaired) electrons. The van der Waals surface area contributed by atoms with E-state index in [2.05, 4.69) is 64.8 Å². The van der Waals surface area contributed by atoms with Crippen LogP contribution in [-0.4, -0.2) is 206 Å². The van der Waals surface area contributed by atoms with Gasteiger partial charge >= 0.3 is 115 Å². The topological polar surface area (TPSA) is 312 Å². The van der Waals surface area contributed by atoms with Crippen LogP contribution < -0.4 is 144 Å². The molecule has 3 saturated heterocycles. The van der Waals surface area contributed by atoms with Gasteiger partial charge in [-0.2, -0.15) is 26.3 Å². The maximum atomic E-state index is 13.7. The van der Waals surface area contributed by atoms with E-state index in [9.17, 15) is 53.4 Å². The first kappa shape index (κ1) is 83.2. The van der Waals surface area contributed by atoms with E-state index >= 15 is 0 Å². The van der Waals surface area contributed by atoms with Gasteiger partial charge in [0, 0.05) is 78.5 Å². The van der Waals surface area contributed by atoms with Crippen molar-refractivity contribution in [3.05, 3.63) is 96.3 Å². The average molecular weight is 1430 g/mol. The minimum atomic E-state index is -4.47. The number of methoxy groups -OCH3 is 2. The predicted octanol–water partition coefficient (Wildman–Crippen LogP) is -1.14. The van der Waals surface area contributed by atoms with Crippen molar-refractivity contribution in [3.8, 4) is 35.2 Å². The van der Waals surface area contributed by atoms with Gasteiger partial charge in [-0.15, -0.1) is 0 Å². The fourth-order valence-electron chi connectivity index (χ4n) is 9.95. The van der Waals surface area contributed by atoms with Crippen molar-refractivity contribution in [1.82, 2.24) is 19.4 Å². The Kier molecular flexibility index (Phi) is 35.1. The van der Waals surface area contributed by atoms with E-state index in [1.54, 1.807) is 48.5 Å². The summed E-state index contributed by atoms with van der Waals surface area (Å²) in [7, 11) is -4.01. The normalized spacial score (nSPS) is 15.7. The minimum absolute atomic E-state index is 0. The van der Waals surface area contributed by atoms with Crippen molar-refractivity contribution in [2.45, 2.75) is 91.3 Å². The number of fused-ring (bicyclic) bond motifs is 2. The number of rotatable bonds is 23. The smallest absolute Gasteiger partial charge is 1.00 e. The fourth-order valence-corrected chi connectivity index (χ4v) is 11.2. The number of nitrogens with zero attached hydrogens (tertiary/aromatic N) is 3. The number of alkyl halides is 6. The van der Waals surface area contributed by atoms with E-state index in [0.29, 0.717) is 70.0 Å². The number of hydrogen-bond donors (Lipinski definition) is 9. The molecule has 9 N–H and O–H groups in total.